The van der Waals surface area contributed by atoms with Crippen molar-refractivity contribution >= 4 is 0 Å². The van der Waals surface area contributed by atoms with Crippen LogP contribution >= 0.6 is 0 Å². The zero-order valence-electron chi connectivity index (χ0n) is 11.0. The SMILES string of the molecule is COc1cccc(C#N)c1OCc1cccc(C)c1. The van der Waals surface area contributed by atoms with Crippen LogP contribution in [0.25, 0.3) is 0 Å². The van der Waals surface area contributed by atoms with Crippen molar-refractivity contribution in [2.45, 2.75) is 13.5 Å². The Morgan fingerprint density at radius 2 is 1.95 bits per heavy atom. The first-order valence-corrected chi connectivity index (χ1v) is 6.00. The molecule has 0 atom stereocenters. The minimum absolute atomic E-state index is 0.413. The summed E-state index contributed by atoms with van der Waals surface area (Å²) in [6, 6.07) is 15.5. The molecule has 2 aromatic rings. The first-order chi connectivity index (χ1) is 9.24. The van der Waals surface area contributed by atoms with E-state index in [1.807, 2.05) is 25.1 Å². The van der Waals surface area contributed by atoms with E-state index in [1.165, 1.54) is 5.56 Å². The summed E-state index contributed by atoms with van der Waals surface area (Å²) in [6.45, 7) is 2.45. The summed E-state index contributed by atoms with van der Waals surface area (Å²) in [4.78, 5) is 0. The lowest BCUT2D eigenvalue weighted by Gasteiger charge is -2.12. The lowest BCUT2D eigenvalue weighted by Crippen LogP contribution is -2.00. The van der Waals surface area contributed by atoms with Crippen molar-refractivity contribution in [3.8, 4) is 17.6 Å². The molecule has 0 saturated carbocycles. The number of aryl methyl sites for hydroxylation is 1. The fraction of sp³-hybridized carbons (Fsp3) is 0.188. The largest absolute Gasteiger partial charge is 0.493 e. The van der Waals surface area contributed by atoms with Crippen LogP contribution in [-0.2, 0) is 6.61 Å². The maximum Gasteiger partial charge on any atom is 0.179 e. The zero-order valence-corrected chi connectivity index (χ0v) is 11.0. The molecular formula is C16H15NO2. The number of para-hydroxylation sites is 1. The minimum Gasteiger partial charge on any atom is -0.493 e. The molecule has 0 radical (unpaired) electrons. The van der Waals surface area contributed by atoms with E-state index >= 15 is 0 Å². The van der Waals surface area contributed by atoms with Gasteiger partial charge >= 0.3 is 0 Å². The summed E-state index contributed by atoms with van der Waals surface area (Å²) in [5, 5.41) is 9.09. The molecular weight excluding hydrogens is 238 g/mol. The smallest absolute Gasteiger partial charge is 0.179 e. The van der Waals surface area contributed by atoms with Crippen LogP contribution in [0.2, 0.25) is 0 Å². The van der Waals surface area contributed by atoms with Crippen molar-refractivity contribution in [3.05, 3.63) is 59.2 Å². The number of benzene rings is 2. The molecule has 0 saturated heterocycles. The lowest BCUT2D eigenvalue weighted by atomic mass is 10.1. The fourth-order valence-electron chi connectivity index (χ4n) is 1.87. The van der Waals surface area contributed by atoms with Crippen LogP contribution in [0.3, 0.4) is 0 Å². The van der Waals surface area contributed by atoms with E-state index in [-0.39, 0.29) is 0 Å². The number of hydrogen-bond donors (Lipinski definition) is 0. The van der Waals surface area contributed by atoms with E-state index in [1.54, 1.807) is 25.3 Å². The number of methoxy groups -OCH3 is 1. The van der Waals surface area contributed by atoms with Crippen molar-refractivity contribution in [2.75, 3.05) is 7.11 Å². The van der Waals surface area contributed by atoms with E-state index in [9.17, 15) is 0 Å². The first-order valence-electron chi connectivity index (χ1n) is 6.00. The molecule has 0 aliphatic heterocycles. The Bertz CT molecular complexity index is 614. The van der Waals surface area contributed by atoms with Gasteiger partial charge in [-0.3, -0.25) is 0 Å². The highest BCUT2D eigenvalue weighted by molar-refractivity contribution is 5.52. The van der Waals surface area contributed by atoms with Gasteiger partial charge < -0.3 is 9.47 Å². The van der Waals surface area contributed by atoms with Crippen molar-refractivity contribution in [1.82, 2.24) is 0 Å². The molecule has 0 bridgehead atoms. The van der Waals surface area contributed by atoms with E-state index in [4.69, 9.17) is 14.7 Å². The molecule has 0 aliphatic rings. The molecule has 96 valence electrons. The third-order valence-electron chi connectivity index (χ3n) is 2.78. The van der Waals surface area contributed by atoms with Gasteiger partial charge in [-0.2, -0.15) is 5.26 Å². The molecule has 0 fully saturated rings. The van der Waals surface area contributed by atoms with E-state index in [0.717, 1.165) is 5.56 Å². The lowest BCUT2D eigenvalue weighted by molar-refractivity contribution is 0.283. The predicted molar refractivity (Wildman–Crippen MR) is 73.2 cm³/mol. The topological polar surface area (TPSA) is 42.2 Å². The highest BCUT2D eigenvalue weighted by Crippen LogP contribution is 2.31. The summed E-state index contributed by atoms with van der Waals surface area (Å²) in [5.74, 6) is 1.07. The van der Waals surface area contributed by atoms with Crippen LogP contribution < -0.4 is 9.47 Å². The molecule has 3 nitrogen and oxygen atoms in total. The molecule has 0 aliphatic carbocycles. The zero-order chi connectivity index (χ0) is 13.7. The second-order valence-electron chi connectivity index (χ2n) is 4.23. The van der Waals surface area contributed by atoms with Crippen LogP contribution in [-0.4, -0.2) is 7.11 Å². The Labute approximate surface area is 113 Å². The normalized spacial score (nSPS) is 9.74. The second kappa shape index (κ2) is 5.92. The standard InChI is InChI=1S/C16H15NO2/c1-12-5-3-6-13(9-12)11-19-16-14(10-17)7-4-8-15(16)18-2/h3-9H,11H2,1-2H3. The first kappa shape index (κ1) is 13.0. The Balaban J connectivity index is 2.22. The van der Waals surface area contributed by atoms with Crippen molar-refractivity contribution in [2.24, 2.45) is 0 Å². The number of ether oxygens (including phenoxy) is 2. The van der Waals surface area contributed by atoms with Gasteiger partial charge in [0.2, 0.25) is 0 Å². The van der Waals surface area contributed by atoms with Gasteiger partial charge in [0.25, 0.3) is 0 Å². The van der Waals surface area contributed by atoms with Gasteiger partial charge in [-0.25, -0.2) is 0 Å². The van der Waals surface area contributed by atoms with Crippen molar-refractivity contribution < 1.29 is 9.47 Å². The highest BCUT2D eigenvalue weighted by atomic mass is 16.5. The van der Waals surface area contributed by atoms with Crippen LogP contribution in [0.1, 0.15) is 16.7 Å². The third kappa shape index (κ3) is 3.05. The second-order valence-corrected chi connectivity index (χ2v) is 4.23. The molecule has 0 spiro atoms. The predicted octanol–water partition coefficient (Wildman–Crippen LogP) is 3.45. The number of nitrogens with zero attached hydrogens (tertiary/aromatic N) is 1. The van der Waals surface area contributed by atoms with Gasteiger partial charge in [0.1, 0.15) is 12.7 Å². The van der Waals surface area contributed by atoms with Gasteiger partial charge in [0.15, 0.2) is 11.5 Å². The molecule has 0 aromatic heterocycles. The van der Waals surface area contributed by atoms with Crippen LogP contribution in [0.5, 0.6) is 11.5 Å². The van der Waals surface area contributed by atoms with Gasteiger partial charge in [-0.1, -0.05) is 35.9 Å². The third-order valence-corrected chi connectivity index (χ3v) is 2.78. The van der Waals surface area contributed by atoms with Gasteiger partial charge in [-0.15, -0.1) is 0 Å². The minimum atomic E-state index is 0.413. The van der Waals surface area contributed by atoms with Crippen LogP contribution in [0, 0.1) is 18.3 Å². The van der Waals surface area contributed by atoms with Gasteiger partial charge in [-0.05, 0) is 24.6 Å². The average molecular weight is 253 g/mol. The maximum atomic E-state index is 9.09. The van der Waals surface area contributed by atoms with Gasteiger partial charge in [0.05, 0.1) is 12.7 Å². The summed E-state index contributed by atoms with van der Waals surface area (Å²) in [7, 11) is 1.57. The Kier molecular flexibility index (Phi) is 4.04. The molecule has 3 heteroatoms. The number of hydrogen-bond acceptors (Lipinski definition) is 3. The quantitative estimate of drug-likeness (QED) is 0.838. The summed E-state index contributed by atoms with van der Waals surface area (Å²) in [5.41, 5.74) is 2.73. The average Bonchev–Trinajstić information content (AvgIpc) is 2.44. The highest BCUT2D eigenvalue weighted by Gasteiger charge is 2.10. The van der Waals surface area contributed by atoms with Crippen molar-refractivity contribution in [3.63, 3.8) is 0 Å². The van der Waals surface area contributed by atoms with Crippen LogP contribution in [0.4, 0.5) is 0 Å². The van der Waals surface area contributed by atoms with Crippen LogP contribution in [0.15, 0.2) is 42.5 Å². The monoisotopic (exact) mass is 253 g/mol. The maximum absolute atomic E-state index is 9.09. The number of rotatable bonds is 4. The molecule has 19 heavy (non-hydrogen) atoms. The van der Waals surface area contributed by atoms with Crippen molar-refractivity contribution in [1.29, 1.82) is 5.26 Å². The Morgan fingerprint density at radius 1 is 1.16 bits per heavy atom. The summed E-state index contributed by atoms with van der Waals surface area (Å²) >= 11 is 0. The summed E-state index contributed by atoms with van der Waals surface area (Å²) in [6.07, 6.45) is 0. The molecule has 0 amide bonds. The molecule has 2 aromatic carbocycles. The molecule has 2 rings (SSSR count). The fourth-order valence-corrected chi connectivity index (χ4v) is 1.87. The van der Waals surface area contributed by atoms with E-state index in [2.05, 4.69) is 12.1 Å². The Hall–Kier alpha value is -2.47. The van der Waals surface area contributed by atoms with Gasteiger partial charge in [0, 0.05) is 0 Å². The molecule has 0 heterocycles. The molecule has 0 unspecified atom stereocenters. The van der Waals surface area contributed by atoms with E-state index in [0.29, 0.717) is 23.7 Å². The Morgan fingerprint density at radius 3 is 2.63 bits per heavy atom. The van der Waals surface area contributed by atoms with E-state index < -0.39 is 0 Å². The molecule has 0 N–H and O–H groups in total. The number of nitriles is 1. The summed E-state index contributed by atoms with van der Waals surface area (Å²) < 4.78 is 11.0.